The molecule has 2 aromatic carbocycles. The van der Waals surface area contributed by atoms with Crippen LogP contribution in [0.4, 0.5) is 8.78 Å². The summed E-state index contributed by atoms with van der Waals surface area (Å²) in [4.78, 5) is 6.72. The second-order valence-electron chi connectivity index (χ2n) is 7.55. The highest BCUT2D eigenvalue weighted by molar-refractivity contribution is 5.79. The van der Waals surface area contributed by atoms with Crippen molar-refractivity contribution >= 4 is 5.96 Å². The van der Waals surface area contributed by atoms with Gasteiger partial charge in [-0.05, 0) is 61.1 Å². The molecule has 1 heterocycles. The number of nitrogens with one attached hydrogen (secondary N) is 2. The Hall–Kier alpha value is -2.47. The zero-order valence-corrected chi connectivity index (χ0v) is 17.0. The highest BCUT2D eigenvalue weighted by Gasteiger charge is 2.20. The first-order valence-electron chi connectivity index (χ1n) is 10.3. The van der Waals surface area contributed by atoms with Crippen LogP contribution in [0.2, 0.25) is 0 Å². The topological polar surface area (TPSA) is 39.7 Å². The van der Waals surface area contributed by atoms with Crippen LogP contribution in [0.1, 0.15) is 30.4 Å². The maximum Gasteiger partial charge on any atom is 0.191 e. The molecule has 1 aliphatic heterocycles. The molecule has 4 nitrogen and oxygen atoms in total. The summed E-state index contributed by atoms with van der Waals surface area (Å²) < 4.78 is 26.3. The highest BCUT2D eigenvalue weighted by Crippen LogP contribution is 2.14. The molecule has 0 radical (unpaired) electrons. The number of likely N-dealkylation sites (tertiary alicyclic amines) is 1. The number of benzene rings is 2. The molecule has 156 valence electrons. The maximum absolute atomic E-state index is 13.2. The Morgan fingerprint density at radius 2 is 1.79 bits per heavy atom. The number of hydrogen-bond acceptors (Lipinski definition) is 2. The lowest BCUT2D eigenvalue weighted by atomic mass is 10.0. The van der Waals surface area contributed by atoms with Gasteiger partial charge in [0.1, 0.15) is 11.6 Å². The van der Waals surface area contributed by atoms with Crippen LogP contribution in [0.25, 0.3) is 0 Å². The molecule has 6 heteroatoms. The summed E-state index contributed by atoms with van der Waals surface area (Å²) in [7, 11) is 1.78. The number of guanidine groups is 1. The molecule has 0 atom stereocenters. The summed E-state index contributed by atoms with van der Waals surface area (Å²) >= 11 is 0. The zero-order chi connectivity index (χ0) is 20.5. The van der Waals surface area contributed by atoms with Crippen molar-refractivity contribution in [2.24, 2.45) is 4.99 Å². The summed E-state index contributed by atoms with van der Waals surface area (Å²) in [5, 5.41) is 6.86. The molecule has 0 amide bonds. The molecule has 29 heavy (non-hydrogen) atoms. The highest BCUT2D eigenvalue weighted by atomic mass is 19.1. The van der Waals surface area contributed by atoms with E-state index in [1.807, 2.05) is 18.2 Å². The van der Waals surface area contributed by atoms with E-state index in [0.29, 0.717) is 6.04 Å². The van der Waals surface area contributed by atoms with Gasteiger partial charge in [-0.25, -0.2) is 8.78 Å². The Bertz CT molecular complexity index is 784. The summed E-state index contributed by atoms with van der Waals surface area (Å²) in [5.41, 5.74) is 2.16. The van der Waals surface area contributed by atoms with Crippen molar-refractivity contribution in [1.29, 1.82) is 0 Å². The molecule has 3 rings (SSSR count). The molecular weight excluding hydrogens is 370 g/mol. The number of piperidine rings is 1. The minimum atomic E-state index is -0.188. The van der Waals surface area contributed by atoms with E-state index in [9.17, 15) is 8.78 Å². The average molecular weight is 401 g/mol. The Morgan fingerprint density at radius 1 is 1.03 bits per heavy atom. The first-order valence-corrected chi connectivity index (χ1v) is 10.3. The van der Waals surface area contributed by atoms with E-state index in [-0.39, 0.29) is 11.6 Å². The summed E-state index contributed by atoms with van der Waals surface area (Å²) in [6.07, 6.45) is 3.85. The van der Waals surface area contributed by atoms with Crippen LogP contribution >= 0.6 is 0 Å². The predicted molar refractivity (Wildman–Crippen MR) is 114 cm³/mol. The van der Waals surface area contributed by atoms with Crippen LogP contribution in [0.3, 0.4) is 0 Å². The van der Waals surface area contributed by atoms with Crippen LogP contribution in [0.5, 0.6) is 0 Å². The van der Waals surface area contributed by atoms with Gasteiger partial charge in [0.25, 0.3) is 0 Å². The molecular formula is C23H30F2N4. The van der Waals surface area contributed by atoms with Gasteiger partial charge < -0.3 is 10.6 Å². The number of rotatable bonds is 7. The summed E-state index contributed by atoms with van der Waals surface area (Å²) in [5.74, 6) is 0.450. The van der Waals surface area contributed by atoms with Crippen molar-refractivity contribution in [1.82, 2.24) is 15.5 Å². The first kappa shape index (κ1) is 21.2. The SMILES string of the molecule is CN=C(NCCCc1cccc(F)c1)NC1CCN(Cc2ccc(F)cc2)CC1. The van der Waals surface area contributed by atoms with E-state index < -0.39 is 0 Å². The van der Waals surface area contributed by atoms with Gasteiger partial charge in [0.05, 0.1) is 0 Å². The number of halogens is 2. The fourth-order valence-corrected chi connectivity index (χ4v) is 3.66. The van der Waals surface area contributed by atoms with E-state index >= 15 is 0 Å². The van der Waals surface area contributed by atoms with E-state index in [0.717, 1.165) is 68.9 Å². The smallest absolute Gasteiger partial charge is 0.191 e. The third-order valence-electron chi connectivity index (χ3n) is 5.30. The van der Waals surface area contributed by atoms with Crippen molar-refractivity contribution in [2.45, 2.75) is 38.3 Å². The van der Waals surface area contributed by atoms with Gasteiger partial charge >= 0.3 is 0 Å². The largest absolute Gasteiger partial charge is 0.356 e. The number of aliphatic imine (C=N–C) groups is 1. The molecule has 1 fully saturated rings. The normalized spacial score (nSPS) is 16.0. The van der Waals surface area contributed by atoms with Crippen LogP contribution in [0.15, 0.2) is 53.5 Å². The molecule has 2 N–H and O–H groups in total. The fraction of sp³-hybridized carbons (Fsp3) is 0.435. The Labute approximate surface area is 172 Å². The lowest BCUT2D eigenvalue weighted by molar-refractivity contribution is 0.198. The fourth-order valence-electron chi connectivity index (χ4n) is 3.66. The molecule has 0 aromatic heterocycles. The van der Waals surface area contributed by atoms with Crippen molar-refractivity contribution in [3.63, 3.8) is 0 Å². The van der Waals surface area contributed by atoms with Gasteiger partial charge in [-0.15, -0.1) is 0 Å². The van der Waals surface area contributed by atoms with Crippen LogP contribution in [-0.2, 0) is 13.0 Å². The lowest BCUT2D eigenvalue weighted by Crippen LogP contribution is -2.48. The molecule has 1 saturated heterocycles. The van der Waals surface area contributed by atoms with Crippen molar-refractivity contribution in [2.75, 3.05) is 26.7 Å². The van der Waals surface area contributed by atoms with Crippen molar-refractivity contribution in [3.05, 3.63) is 71.3 Å². The monoisotopic (exact) mass is 400 g/mol. The zero-order valence-electron chi connectivity index (χ0n) is 17.0. The number of aryl methyl sites for hydroxylation is 1. The van der Waals surface area contributed by atoms with Gasteiger partial charge in [-0.2, -0.15) is 0 Å². The molecule has 0 saturated carbocycles. The molecule has 0 bridgehead atoms. The maximum atomic E-state index is 13.2. The van der Waals surface area contributed by atoms with Gasteiger partial charge in [0, 0.05) is 39.3 Å². The predicted octanol–water partition coefficient (Wildman–Crippen LogP) is 3.73. The standard InChI is InChI=1S/C23H30F2N4/c1-26-23(27-13-3-5-18-4-2-6-21(25)16-18)28-22-11-14-29(15-12-22)17-19-7-9-20(24)10-8-19/h2,4,6-10,16,22H,3,5,11-15,17H2,1H3,(H2,26,27,28). The minimum Gasteiger partial charge on any atom is -0.356 e. The number of hydrogen-bond donors (Lipinski definition) is 2. The summed E-state index contributed by atoms with van der Waals surface area (Å²) in [6, 6.07) is 13.9. The van der Waals surface area contributed by atoms with E-state index in [1.54, 1.807) is 19.2 Å². The molecule has 0 aliphatic carbocycles. The first-order chi connectivity index (χ1) is 14.1. The second-order valence-corrected chi connectivity index (χ2v) is 7.55. The van der Waals surface area contributed by atoms with E-state index in [2.05, 4.69) is 20.5 Å². The van der Waals surface area contributed by atoms with Crippen LogP contribution < -0.4 is 10.6 Å². The van der Waals surface area contributed by atoms with Gasteiger partial charge in [-0.1, -0.05) is 24.3 Å². The van der Waals surface area contributed by atoms with Crippen LogP contribution in [-0.4, -0.2) is 43.6 Å². The average Bonchev–Trinajstić information content (AvgIpc) is 2.73. The minimum absolute atomic E-state index is 0.182. The van der Waals surface area contributed by atoms with Gasteiger partial charge in [0.2, 0.25) is 0 Å². The third-order valence-corrected chi connectivity index (χ3v) is 5.30. The Balaban J connectivity index is 1.34. The summed E-state index contributed by atoms with van der Waals surface area (Å²) in [6.45, 7) is 3.66. The van der Waals surface area contributed by atoms with E-state index in [1.165, 1.54) is 18.2 Å². The Kier molecular flexibility index (Phi) is 7.99. The van der Waals surface area contributed by atoms with Gasteiger partial charge in [-0.3, -0.25) is 9.89 Å². The lowest BCUT2D eigenvalue weighted by Gasteiger charge is -2.33. The number of nitrogens with zero attached hydrogens (tertiary/aromatic N) is 2. The molecule has 0 unspecified atom stereocenters. The quantitative estimate of drug-likeness (QED) is 0.423. The van der Waals surface area contributed by atoms with Crippen LogP contribution in [0, 0.1) is 11.6 Å². The van der Waals surface area contributed by atoms with E-state index in [4.69, 9.17) is 0 Å². The van der Waals surface area contributed by atoms with Crippen molar-refractivity contribution < 1.29 is 8.78 Å². The molecule has 0 spiro atoms. The Morgan fingerprint density at radius 3 is 2.48 bits per heavy atom. The second kappa shape index (κ2) is 10.9. The molecule has 1 aliphatic rings. The molecule has 2 aromatic rings. The van der Waals surface area contributed by atoms with Gasteiger partial charge in [0.15, 0.2) is 5.96 Å². The third kappa shape index (κ3) is 7.13. The van der Waals surface area contributed by atoms with Crippen molar-refractivity contribution in [3.8, 4) is 0 Å².